The van der Waals surface area contributed by atoms with Crippen LogP contribution in [0.1, 0.15) is 23.7 Å². The van der Waals surface area contributed by atoms with Crippen LogP contribution in [0.3, 0.4) is 0 Å². The second-order valence-corrected chi connectivity index (χ2v) is 3.95. The average molecular weight is 264 g/mol. The van der Waals surface area contributed by atoms with Crippen LogP contribution in [0, 0.1) is 0 Å². The molecule has 1 aromatic carbocycles. The summed E-state index contributed by atoms with van der Waals surface area (Å²) >= 11 is 0. The molecule has 19 heavy (non-hydrogen) atoms. The smallest absolute Gasteiger partial charge is 0.335 e. The number of hydrogen-bond acceptors (Lipinski definition) is 4. The number of aromatic carboxylic acids is 1. The van der Waals surface area contributed by atoms with Crippen LogP contribution in [0.25, 0.3) is 0 Å². The van der Waals surface area contributed by atoms with E-state index in [0.29, 0.717) is 24.4 Å². The summed E-state index contributed by atoms with van der Waals surface area (Å²) in [6.07, 6.45) is 0.524. The molecular weight excluding hydrogens is 248 g/mol. The summed E-state index contributed by atoms with van der Waals surface area (Å²) in [6, 6.07) is 6.22. The maximum absolute atomic E-state index is 11.1. The minimum Gasteiger partial charge on any atom is -0.493 e. The van der Waals surface area contributed by atoms with Crippen molar-refractivity contribution in [3.05, 3.63) is 42.0 Å². The summed E-state index contributed by atoms with van der Waals surface area (Å²) in [5, 5.41) is 8.81. The van der Waals surface area contributed by atoms with Crippen molar-refractivity contribution >= 4 is 11.9 Å². The zero-order valence-corrected chi connectivity index (χ0v) is 10.7. The highest BCUT2D eigenvalue weighted by Crippen LogP contribution is 2.13. The van der Waals surface area contributed by atoms with Crippen LogP contribution >= 0.6 is 0 Å². The molecule has 0 saturated heterocycles. The minimum atomic E-state index is -0.999. The van der Waals surface area contributed by atoms with Gasteiger partial charge in [0.25, 0.3) is 0 Å². The van der Waals surface area contributed by atoms with E-state index in [1.54, 1.807) is 19.1 Å². The number of carboxylic acids is 1. The molecule has 1 N–H and O–H groups in total. The van der Waals surface area contributed by atoms with Gasteiger partial charge >= 0.3 is 11.9 Å². The van der Waals surface area contributed by atoms with Crippen molar-refractivity contribution in [1.29, 1.82) is 0 Å². The molecule has 0 aliphatic heterocycles. The standard InChI is InChI=1S/C14H16O5/c1-10(2)14(17)19-8-4-7-18-12-6-3-5-11(9-12)13(15)16/h3,5-6,9H,1,4,7-8H2,2H3,(H,15,16). The number of carbonyl (C=O) groups is 2. The molecule has 0 fully saturated rings. The number of carboxylic acid groups (broad SMARTS) is 1. The Kier molecular flexibility index (Phi) is 5.60. The molecule has 5 nitrogen and oxygen atoms in total. The zero-order chi connectivity index (χ0) is 14.3. The van der Waals surface area contributed by atoms with Gasteiger partial charge in [-0.3, -0.25) is 0 Å². The fourth-order valence-corrected chi connectivity index (χ4v) is 1.26. The molecule has 0 radical (unpaired) electrons. The number of carbonyl (C=O) groups excluding carboxylic acids is 1. The van der Waals surface area contributed by atoms with Gasteiger partial charge in [-0.05, 0) is 25.1 Å². The van der Waals surface area contributed by atoms with Crippen molar-refractivity contribution in [2.45, 2.75) is 13.3 Å². The van der Waals surface area contributed by atoms with Crippen LogP contribution in [-0.2, 0) is 9.53 Å². The fourth-order valence-electron chi connectivity index (χ4n) is 1.26. The van der Waals surface area contributed by atoms with E-state index in [1.165, 1.54) is 12.1 Å². The second-order valence-electron chi connectivity index (χ2n) is 3.95. The third-order valence-corrected chi connectivity index (χ3v) is 2.22. The molecule has 5 heteroatoms. The van der Waals surface area contributed by atoms with Gasteiger partial charge in [0.05, 0.1) is 18.8 Å². The number of rotatable bonds is 7. The fraction of sp³-hybridized carbons (Fsp3) is 0.286. The van der Waals surface area contributed by atoms with E-state index in [0.717, 1.165) is 0 Å². The molecule has 102 valence electrons. The summed E-state index contributed by atoms with van der Waals surface area (Å²) < 4.78 is 10.3. The number of benzene rings is 1. The maximum Gasteiger partial charge on any atom is 0.335 e. The minimum absolute atomic E-state index is 0.172. The van der Waals surface area contributed by atoms with E-state index in [1.807, 2.05) is 0 Å². The van der Waals surface area contributed by atoms with Crippen LogP contribution in [0.4, 0.5) is 0 Å². The van der Waals surface area contributed by atoms with Gasteiger partial charge in [-0.25, -0.2) is 9.59 Å². The first-order chi connectivity index (χ1) is 9.00. The molecule has 0 amide bonds. The van der Waals surface area contributed by atoms with Crippen molar-refractivity contribution in [2.24, 2.45) is 0 Å². The zero-order valence-electron chi connectivity index (χ0n) is 10.7. The van der Waals surface area contributed by atoms with Gasteiger partial charge in [-0.2, -0.15) is 0 Å². The van der Waals surface area contributed by atoms with Crippen LogP contribution in [0.5, 0.6) is 5.75 Å². The summed E-state index contributed by atoms with van der Waals surface area (Å²) in [7, 11) is 0. The van der Waals surface area contributed by atoms with Crippen LogP contribution in [0.2, 0.25) is 0 Å². The highest BCUT2D eigenvalue weighted by atomic mass is 16.5. The topological polar surface area (TPSA) is 72.8 Å². The summed E-state index contributed by atoms with van der Waals surface area (Å²) in [5.74, 6) is -0.945. The lowest BCUT2D eigenvalue weighted by molar-refractivity contribution is -0.139. The molecule has 0 atom stereocenters. The van der Waals surface area contributed by atoms with E-state index in [4.69, 9.17) is 14.6 Å². The van der Waals surface area contributed by atoms with Crippen LogP contribution in [-0.4, -0.2) is 30.3 Å². The quantitative estimate of drug-likeness (QED) is 0.464. The van der Waals surface area contributed by atoms with Gasteiger partial charge in [0, 0.05) is 12.0 Å². The second kappa shape index (κ2) is 7.20. The first kappa shape index (κ1) is 14.8. The van der Waals surface area contributed by atoms with Crippen LogP contribution < -0.4 is 4.74 Å². The highest BCUT2D eigenvalue weighted by molar-refractivity contribution is 5.88. The van der Waals surface area contributed by atoms with E-state index < -0.39 is 11.9 Å². The van der Waals surface area contributed by atoms with E-state index in [9.17, 15) is 9.59 Å². The molecule has 0 heterocycles. The molecule has 1 rings (SSSR count). The Morgan fingerprint density at radius 3 is 2.68 bits per heavy atom. The maximum atomic E-state index is 11.1. The molecule has 0 aliphatic rings. The molecule has 0 saturated carbocycles. The lowest BCUT2D eigenvalue weighted by Gasteiger charge is -2.07. The molecule has 0 bridgehead atoms. The molecule has 0 unspecified atom stereocenters. The third kappa shape index (κ3) is 5.25. The monoisotopic (exact) mass is 264 g/mol. The molecule has 0 spiro atoms. The van der Waals surface area contributed by atoms with Crippen molar-refractivity contribution in [3.63, 3.8) is 0 Å². The molecule has 0 aromatic heterocycles. The van der Waals surface area contributed by atoms with Crippen molar-refractivity contribution in [3.8, 4) is 5.75 Å². The van der Waals surface area contributed by atoms with Gasteiger partial charge in [-0.15, -0.1) is 0 Å². The van der Waals surface area contributed by atoms with Gasteiger partial charge in [-0.1, -0.05) is 12.6 Å². The Balaban J connectivity index is 2.30. The SMILES string of the molecule is C=C(C)C(=O)OCCCOc1cccc(C(=O)O)c1. The first-order valence-corrected chi connectivity index (χ1v) is 5.79. The predicted molar refractivity (Wildman–Crippen MR) is 69.3 cm³/mol. The number of ether oxygens (including phenoxy) is 2. The van der Waals surface area contributed by atoms with E-state index >= 15 is 0 Å². The van der Waals surface area contributed by atoms with Gasteiger partial charge in [0.15, 0.2) is 0 Å². The third-order valence-electron chi connectivity index (χ3n) is 2.22. The normalized spacial score (nSPS) is 9.74. The Labute approximate surface area is 111 Å². The Morgan fingerprint density at radius 2 is 2.05 bits per heavy atom. The average Bonchev–Trinajstić information content (AvgIpc) is 2.38. The summed E-state index contributed by atoms with van der Waals surface area (Å²) in [4.78, 5) is 21.8. The predicted octanol–water partition coefficient (Wildman–Crippen LogP) is 2.27. The van der Waals surface area contributed by atoms with Crippen molar-refractivity contribution in [2.75, 3.05) is 13.2 Å². The number of esters is 1. The Morgan fingerprint density at radius 1 is 1.32 bits per heavy atom. The lowest BCUT2D eigenvalue weighted by atomic mass is 10.2. The Bertz CT molecular complexity index is 478. The van der Waals surface area contributed by atoms with Gasteiger partial charge in [0.2, 0.25) is 0 Å². The van der Waals surface area contributed by atoms with Crippen molar-refractivity contribution < 1.29 is 24.2 Å². The molecule has 1 aromatic rings. The largest absolute Gasteiger partial charge is 0.493 e. The Hall–Kier alpha value is -2.30. The van der Waals surface area contributed by atoms with Crippen LogP contribution in [0.15, 0.2) is 36.4 Å². The van der Waals surface area contributed by atoms with Gasteiger partial charge in [0.1, 0.15) is 5.75 Å². The lowest BCUT2D eigenvalue weighted by Crippen LogP contribution is -2.09. The van der Waals surface area contributed by atoms with Gasteiger partial charge < -0.3 is 14.6 Å². The molecular formula is C14H16O5. The molecule has 0 aliphatic carbocycles. The number of hydrogen-bond donors (Lipinski definition) is 1. The summed E-state index contributed by atoms with van der Waals surface area (Å²) in [5.41, 5.74) is 0.529. The summed E-state index contributed by atoms with van der Waals surface area (Å²) in [6.45, 7) is 5.63. The first-order valence-electron chi connectivity index (χ1n) is 5.79. The van der Waals surface area contributed by atoms with E-state index in [2.05, 4.69) is 6.58 Å². The van der Waals surface area contributed by atoms with E-state index in [-0.39, 0.29) is 12.2 Å². The highest BCUT2D eigenvalue weighted by Gasteiger charge is 2.04. The van der Waals surface area contributed by atoms with Crippen molar-refractivity contribution in [1.82, 2.24) is 0 Å².